The third-order valence-electron chi connectivity index (χ3n) is 7.87. The van der Waals surface area contributed by atoms with Gasteiger partial charge in [-0.25, -0.2) is 0 Å². The van der Waals surface area contributed by atoms with Gasteiger partial charge in [-0.3, -0.25) is 4.79 Å². The molecular weight excluding hydrogens is 488 g/mol. The molecule has 2 aromatic rings. The van der Waals surface area contributed by atoms with Crippen molar-refractivity contribution in [2.45, 2.75) is 70.0 Å². The van der Waals surface area contributed by atoms with E-state index in [-0.39, 0.29) is 18.4 Å². The third kappa shape index (κ3) is 6.74. The van der Waals surface area contributed by atoms with E-state index in [0.29, 0.717) is 29.9 Å². The van der Waals surface area contributed by atoms with Crippen LogP contribution < -0.4 is 0 Å². The Labute approximate surface area is 224 Å². The lowest BCUT2D eigenvalue weighted by Crippen LogP contribution is -2.49. The Kier molecular flexibility index (Phi) is 8.82. The number of nitrogens with zero attached hydrogens (tertiary/aromatic N) is 2. The molecule has 2 saturated heterocycles. The molecule has 0 radical (unpaired) electrons. The Hall–Kier alpha value is -2.38. The van der Waals surface area contributed by atoms with E-state index in [1.165, 1.54) is 32.4 Å². The minimum absolute atomic E-state index is 0.00220. The fourth-order valence-electron chi connectivity index (χ4n) is 5.66. The first-order valence-corrected chi connectivity index (χ1v) is 13.9. The second-order valence-electron chi connectivity index (χ2n) is 10.4. The SMILES string of the molecule is O=C(C1=C[C@@H](c2ccc(Cl)cc2)C[C@@H](OCc2ccc(CO)cc2)O1)N1CCC(N2CCCCC2)CC1. The molecule has 0 bridgehead atoms. The van der Waals surface area contributed by atoms with Crippen molar-refractivity contribution in [3.63, 3.8) is 0 Å². The summed E-state index contributed by atoms with van der Waals surface area (Å²) in [5, 5.41) is 9.97. The smallest absolute Gasteiger partial charge is 0.288 e. The number of halogens is 1. The van der Waals surface area contributed by atoms with Gasteiger partial charge in [-0.1, -0.05) is 54.4 Å². The summed E-state index contributed by atoms with van der Waals surface area (Å²) in [7, 11) is 0. The number of carbonyl (C=O) groups excluding carboxylic acids is 1. The highest BCUT2D eigenvalue weighted by atomic mass is 35.5. The van der Waals surface area contributed by atoms with Crippen LogP contribution in [0.15, 0.2) is 60.4 Å². The maximum absolute atomic E-state index is 13.6. The third-order valence-corrected chi connectivity index (χ3v) is 8.12. The largest absolute Gasteiger partial charge is 0.459 e. The molecule has 0 aliphatic carbocycles. The Morgan fingerprint density at radius 1 is 0.946 bits per heavy atom. The lowest BCUT2D eigenvalue weighted by atomic mass is 9.92. The zero-order valence-corrected chi connectivity index (χ0v) is 22.1. The van der Waals surface area contributed by atoms with Crippen LogP contribution >= 0.6 is 11.6 Å². The van der Waals surface area contributed by atoms with Gasteiger partial charge in [0.15, 0.2) is 5.76 Å². The highest BCUT2D eigenvalue weighted by Gasteiger charge is 2.33. The molecule has 0 unspecified atom stereocenters. The van der Waals surface area contributed by atoms with Crippen molar-refractivity contribution >= 4 is 17.5 Å². The monoisotopic (exact) mass is 524 g/mol. The van der Waals surface area contributed by atoms with E-state index in [1.807, 2.05) is 59.5 Å². The van der Waals surface area contributed by atoms with Gasteiger partial charge in [0.1, 0.15) is 0 Å². The number of piperidine rings is 2. The number of likely N-dealkylation sites (tertiary alicyclic amines) is 2. The van der Waals surface area contributed by atoms with E-state index < -0.39 is 6.29 Å². The van der Waals surface area contributed by atoms with Gasteiger partial charge < -0.3 is 24.4 Å². The molecule has 6 nitrogen and oxygen atoms in total. The summed E-state index contributed by atoms with van der Waals surface area (Å²) >= 11 is 6.12. The van der Waals surface area contributed by atoms with Gasteiger partial charge >= 0.3 is 0 Å². The van der Waals surface area contributed by atoms with Gasteiger partial charge in [-0.05, 0) is 73.7 Å². The summed E-state index contributed by atoms with van der Waals surface area (Å²) in [5.41, 5.74) is 2.94. The number of hydrogen-bond donors (Lipinski definition) is 1. The molecule has 2 atom stereocenters. The van der Waals surface area contributed by atoms with Crippen LogP contribution in [0.25, 0.3) is 0 Å². The minimum Gasteiger partial charge on any atom is -0.459 e. The first kappa shape index (κ1) is 26.2. The molecule has 5 rings (SSSR count). The van der Waals surface area contributed by atoms with Crippen molar-refractivity contribution in [3.8, 4) is 0 Å². The van der Waals surface area contributed by atoms with E-state index in [1.54, 1.807) is 0 Å². The van der Waals surface area contributed by atoms with Crippen molar-refractivity contribution in [2.24, 2.45) is 0 Å². The quantitative estimate of drug-likeness (QED) is 0.536. The molecule has 3 heterocycles. The van der Waals surface area contributed by atoms with Gasteiger partial charge in [0.25, 0.3) is 5.91 Å². The molecule has 0 saturated carbocycles. The average molecular weight is 525 g/mol. The Balaban J connectivity index is 1.26. The highest BCUT2D eigenvalue weighted by molar-refractivity contribution is 6.30. The van der Waals surface area contributed by atoms with Crippen LogP contribution in [0.3, 0.4) is 0 Å². The summed E-state index contributed by atoms with van der Waals surface area (Å²) in [6.07, 6.45) is 7.99. The number of rotatable bonds is 7. The Morgan fingerprint density at radius 2 is 1.62 bits per heavy atom. The molecule has 198 valence electrons. The molecule has 1 N–H and O–H groups in total. The number of hydrogen-bond acceptors (Lipinski definition) is 5. The minimum atomic E-state index is -0.534. The molecular formula is C30H37ClN2O4. The summed E-state index contributed by atoms with van der Waals surface area (Å²) < 4.78 is 12.3. The standard InChI is InChI=1S/C30H37ClN2O4/c31-26-10-8-24(9-11-26)25-18-28(37-29(19-25)36-21-23-6-4-22(20-34)5-7-23)30(35)33-16-12-27(13-17-33)32-14-2-1-3-15-32/h4-11,18,25,27,29,34H,1-3,12-17,19-21H2/t25-,29+/m1/s1. The Bertz CT molecular complexity index is 1060. The molecule has 7 heteroatoms. The van der Waals surface area contributed by atoms with E-state index in [2.05, 4.69) is 4.90 Å². The lowest BCUT2D eigenvalue weighted by molar-refractivity contribution is -0.157. The van der Waals surface area contributed by atoms with Crippen LogP contribution in [0.4, 0.5) is 0 Å². The maximum atomic E-state index is 13.6. The van der Waals surface area contributed by atoms with Gasteiger partial charge in [0, 0.05) is 36.5 Å². The molecule has 3 aliphatic rings. The highest BCUT2D eigenvalue weighted by Crippen LogP contribution is 2.33. The number of benzene rings is 2. The van der Waals surface area contributed by atoms with E-state index >= 15 is 0 Å². The van der Waals surface area contributed by atoms with Crippen LogP contribution in [0.2, 0.25) is 5.02 Å². The van der Waals surface area contributed by atoms with Crippen molar-refractivity contribution in [1.29, 1.82) is 0 Å². The fourth-order valence-corrected chi connectivity index (χ4v) is 5.78. The molecule has 2 fully saturated rings. The van der Waals surface area contributed by atoms with Crippen molar-refractivity contribution in [1.82, 2.24) is 9.80 Å². The first-order chi connectivity index (χ1) is 18.1. The van der Waals surface area contributed by atoms with Crippen LogP contribution in [0.1, 0.15) is 61.1 Å². The van der Waals surface area contributed by atoms with E-state index in [0.717, 1.165) is 42.6 Å². The lowest BCUT2D eigenvalue weighted by Gasteiger charge is -2.40. The van der Waals surface area contributed by atoms with Crippen LogP contribution in [-0.4, -0.2) is 59.3 Å². The van der Waals surface area contributed by atoms with Crippen LogP contribution in [-0.2, 0) is 27.5 Å². The second kappa shape index (κ2) is 12.4. The Morgan fingerprint density at radius 3 is 2.30 bits per heavy atom. The summed E-state index contributed by atoms with van der Waals surface area (Å²) in [5.74, 6) is 0.331. The van der Waals surface area contributed by atoms with Gasteiger partial charge in [0.2, 0.25) is 6.29 Å². The molecule has 0 spiro atoms. The van der Waals surface area contributed by atoms with E-state index in [9.17, 15) is 9.90 Å². The normalized spacial score (nSPS) is 23.4. The van der Waals surface area contributed by atoms with Gasteiger partial charge in [-0.15, -0.1) is 0 Å². The fraction of sp³-hybridized carbons (Fsp3) is 0.500. The second-order valence-corrected chi connectivity index (χ2v) is 10.8. The van der Waals surface area contributed by atoms with E-state index in [4.69, 9.17) is 21.1 Å². The molecule has 1 amide bonds. The number of carbonyl (C=O) groups is 1. The van der Waals surface area contributed by atoms with Gasteiger partial charge in [0.05, 0.1) is 13.2 Å². The summed E-state index contributed by atoms with van der Waals surface area (Å²) in [4.78, 5) is 18.1. The van der Waals surface area contributed by atoms with Crippen LogP contribution in [0.5, 0.6) is 0 Å². The van der Waals surface area contributed by atoms with Crippen molar-refractivity contribution < 1.29 is 19.4 Å². The number of aliphatic hydroxyl groups is 1. The predicted molar refractivity (Wildman–Crippen MR) is 144 cm³/mol. The molecule has 3 aliphatic heterocycles. The number of ether oxygens (including phenoxy) is 2. The summed E-state index contributed by atoms with van der Waals surface area (Å²) in [6, 6.07) is 16.0. The van der Waals surface area contributed by atoms with Crippen molar-refractivity contribution in [2.75, 3.05) is 26.2 Å². The topological polar surface area (TPSA) is 62.2 Å². The zero-order valence-electron chi connectivity index (χ0n) is 21.4. The molecule has 0 aromatic heterocycles. The summed E-state index contributed by atoms with van der Waals surface area (Å²) in [6.45, 7) is 4.28. The van der Waals surface area contributed by atoms with Gasteiger partial charge in [-0.2, -0.15) is 0 Å². The maximum Gasteiger partial charge on any atom is 0.288 e. The van der Waals surface area contributed by atoms with Crippen LogP contribution in [0, 0.1) is 0 Å². The number of allylic oxidation sites excluding steroid dienone is 1. The first-order valence-electron chi connectivity index (χ1n) is 13.6. The average Bonchev–Trinajstić information content (AvgIpc) is 2.97. The number of amides is 1. The zero-order chi connectivity index (χ0) is 25.6. The predicted octanol–water partition coefficient (Wildman–Crippen LogP) is 5.24. The van der Waals surface area contributed by atoms with Crippen molar-refractivity contribution in [3.05, 3.63) is 82.1 Å². The molecule has 37 heavy (non-hydrogen) atoms. The number of aliphatic hydroxyl groups excluding tert-OH is 1. The molecule has 2 aromatic carbocycles.